The lowest BCUT2D eigenvalue weighted by atomic mass is 9.86. The van der Waals surface area contributed by atoms with Gasteiger partial charge in [0.15, 0.2) is 0 Å². The van der Waals surface area contributed by atoms with E-state index < -0.39 is 7.12 Å². The predicted molar refractivity (Wildman–Crippen MR) is 77.1 cm³/mol. The molecule has 104 valence electrons. The highest BCUT2D eigenvalue weighted by Gasteiger charge is 2.52. The Morgan fingerprint density at radius 3 is 2.35 bits per heavy atom. The van der Waals surface area contributed by atoms with Crippen LogP contribution in [0, 0.1) is 0 Å². The minimum Gasteiger partial charge on any atom is -0.398 e. The van der Waals surface area contributed by atoms with Crippen LogP contribution in [0.15, 0.2) is 36.9 Å². The van der Waals surface area contributed by atoms with Gasteiger partial charge in [-0.1, -0.05) is 6.07 Å². The van der Waals surface area contributed by atoms with E-state index in [9.17, 15) is 0 Å². The summed E-state index contributed by atoms with van der Waals surface area (Å²) >= 11 is 0. The Hall–Kier alpha value is -1.66. The molecule has 0 amide bonds. The quantitative estimate of drug-likeness (QED) is 0.778. The van der Waals surface area contributed by atoms with E-state index in [1.165, 1.54) is 0 Å². The summed E-state index contributed by atoms with van der Waals surface area (Å²) in [7, 11) is -0.440. The zero-order valence-corrected chi connectivity index (χ0v) is 12.2. The minimum absolute atomic E-state index is 0.355. The molecular formula is C14H18BN3O2. The Balaban J connectivity index is 1.86. The fourth-order valence-electron chi connectivity index (χ4n) is 2.06. The van der Waals surface area contributed by atoms with Crippen molar-refractivity contribution in [1.29, 1.82) is 0 Å². The first-order chi connectivity index (χ1) is 9.39. The van der Waals surface area contributed by atoms with Crippen LogP contribution >= 0.6 is 0 Å². The Bertz CT molecular complexity index is 594. The summed E-state index contributed by atoms with van der Waals surface area (Å²) in [5.41, 5.74) is 0.0492. The number of nitrogens with zero attached hydrogens (tertiary/aromatic N) is 3. The molecule has 0 radical (unpaired) electrons. The molecule has 0 N–H and O–H groups in total. The van der Waals surface area contributed by atoms with E-state index >= 15 is 0 Å². The highest BCUT2D eigenvalue weighted by Crippen LogP contribution is 2.36. The van der Waals surface area contributed by atoms with Crippen molar-refractivity contribution in [3.63, 3.8) is 0 Å². The molecular weight excluding hydrogens is 253 g/mol. The van der Waals surface area contributed by atoms with Crippen LogP contribution in [0.2, 0.25) is 0 Å². The number of rotatable bonds is 2. The first-order valence-corrected chi connectivity index (χ1v) is 6.70. The zero-order chi connectivity index (χ0) is 14.4. The highest BCUT2D eigenvalue weighted by molar-refractivity contribution is 6.61. The third kappa shape index (κ3) is 2.15. The van der Waals surface area contributed by atoms with Crippen molar-refractivity contribution in [1.82, 2.24) is 14.5 Å². The smallest absolute Gasteiger partial charge is 0.398 e. The molecule has 0 aromatic carbocycles. The maximum absolute atomic E-state index is 5.98. The summed E-state index contributed by atoms with van der Waals surface area (Å²) in [5.74, 6) is 0.822. The first kappa shape index (κ1) is 13.3. The van der Waals surface area contributed by atoms with E-state index in [1.807, 2.05) is 56.7 Å². The van der Waals surface area contributed by atoms with Crippen molar-refractivity contribution in [2.75, 3.05) is 0 Å². The fourth-order valence-corrected chi connectivity index (χ4v) is 2.06. The molecule has 6 heteroatoms. The highest BCUT2D eigenvalue weighted by atomic mass is 16.7. The molecule has 1 saturated heterocycles. The number of hydrogen-bond donors (Lipinski definition) is 0. The number of aromatic nitrogens is 3. The third-order valence-electron chi connectivity index (χ3n) is 4.01. The summed E-state index contributed by atoms with van der Waals surface area (Å²) in [5, 5.41) is 0. The second kappa shape index (κ2) is 4.43. The van der Waals surface area contributed by atoms with Crippen molar-refractivity contribution in [2.45, 2.75) is 38.9 Å². The molecule has 0 saturated carbocycles. The Morgan fingerprint density at radius 1 is 1.05 bits per heavy atom. The normalized spacial score (nSPS) is 20.3. The molecule has 20 heavy (non-hydrogen) atoms. The van der Waals surface area contributed by atoms with E-state index in [-0.39, 0.29) is 11.2 Å². The maximum Gasteiger partial charge on any atom is 0.516 e. The van der Waals surface area contributed by atoms with Crippen LogP contribution in [0.1, 0.15) is 27.7 Å². The molecule has 5 nitrogen and oxygen atoms in total. The Kier molecular flexibility index (Phi) is 2.95. The summed E-state index contributed by atoms with van der Waals surface area (Å²) in [4.78, 5) is 8.67. The van der Waals surface area contributed by atoms with Crippen LogP contribution in [0.3, 0.4) is 0 Å². The van der Waals surface area contributed by atoms with Gasteiger partial charge in [0.2, 0.25) is 0 Å². The largest absolute Gasteiger partial charge is 0.516 e. The van der Waals surface area contributed by atoms with Gasteiger partial charge in [-0.3, -0.25) is 4.57 Å². The van der Waals surface area contributed by atoms with E-state index in [4.69, 9.17) is 9.31 Å². The van der Waals surface area contributed by atoms with Crippen LogP contribution in [0.5, 0.6) is 0 Å². The van der Waals surface area contributed by atoms with Crippen molar-refractivity contribution in [3.8, 4) is 5.82 Å². The number of pyridine rings is 1. The molecule has 3 rings (SSSR count). The van der Waals surface area contributed by atoms with Gasteiger partial charge in [0, 0.05) is 12.4 Å². The lowest BCUT2D eigenvalue weighted by Crippen LogP contribution is -2.41. The van der Waals surface area contributed by atoms with Crippen molar-refractivity contribution in [2.24, 2.45) is 0 Å². The molecule has 2 aromatic rings. The molecule has 1 fully saturated rings. The van der Waals surface area contributed by atoms with Crippen LogP contribution in [0.25, 0.3) is 5.82 Å². The van der Waals surface area contributed by atoms with Crippen LogP contribution in [-0.4, -0.2) is 32.9 Å². The molecule has 0 aliphatic carbocycles. The third-order valence-corrected chi connectivity index (χ3v) is 4.01. The topological polar surface area (TPSA) is 49.2 Å². The van der Waals surface area contributed by atoms with Gasteiger partial charge < -0.3 is 9.31 Å². The molecule has 0 bridgehead atoms. The minimum atomic E-state index is -0.440. The van der Waals surface area contributed by atoms with Crippen LogP contribution in [-0.2, 0) is 9.31 Å². The lowest BCUT2D eigenvalue weighted by Gasteiger charge is -2.32. The fraction of sp³-hybridized carbons (Fsp3) is 0.429. The second-order valence-corrected chi connectivity index (χ2v) is 5.98. The zero-order valence-electron chi connectivity index (χ0n) is 12.2. The van der Waals surface area contributed by atoms with Gasteiger partial charge in [0.05, 0.1) is 23.1 Å². The van der Waals surface area contributed by atoms with E-state index in [2.05, 4.69) is 9.97 Å². The van der Waals surface area contributed by atoms with E-state index in [1.54, 1.807) is 12.5 Å². The van der Waals surface area contributed by atoms with E-state index in [0.717, 1.165) is 11.4 Å². The molecule has 0 atom stereocenters. The van der Waals surface area contributed by atoms with Crippen molar-refractivity contribution >= 4 is 12.7 Å². The molecule has 0 unspecified atom stereocenters. The van der Waals surface area contributed by atoms with E-state index in [0.29, 0.717) is 0 Å². The van der Waals surface area contributed by atoms with Gasteiger partial charge in [-0.25, -0.2) is 9.97 Å². The monoisotopic (exact) mass is 271 g/mol. The average molecular weight is 271 g/mol. The summed E-state index contributed by atoms with van der Waals surface area (Å²) < 4.78 is 13.8. The van der Waals surface area contributed by atoms with Crippen molar-refractivity contribution in [3.05, 3.63) is 36.9 Å². The molecule has 3 heterocycles. The molecule has 0 spiro atoms. The van der Waals surface area contributed by atoms with Crippen LogP contribution < -0.4 is 5.59 Å². The Morgan fingerprint density at radius 2 is 1.75 bits per heavy atom. The molecule has 2 aromatic heterocycles. The van der Waals surface area contributed by atoms with Gasteiger partial charge >= 0.3 is 7.12 Å². The lowest BCUT2D eigenvalue weighted by molar-refractivity contribution is 0.00578. The maximum atomic E-state index is 5.98. The molecule has 1 aliphatic heterocycles. The van der Waals surface area contributed by atoms with Crippen LogP contribution in [0.4, 0.5) is 0 Å². The van der Waals surface area contributed by atoms with Gasteiger partial charge in [-0.05, 0) is 39.8 Å². The molecule has 1 aliphatic rings. The van der Waals surface area contributed by atoms with Gasteiger partial charge in [-0.2, -0.15) is 0 Å². The first-order valence-electron chi connectivity index (χ1n) is 6.70. The standard InChI is InChI=1S/C14H18BN3O2/c1-13(2)14(3,4)20-15(19-13)11-9-18(10-17-11)12-7-5-6-8-16-12/h5-10H,1-4H3. The van der Waals surface area contributed by atoms with Gasteiger partial charge in [0.1, 0.15) is 5.82 Å². The Labute approximate surface area is 119 Å². The summed E-state index contributed by atoms with van der Waals surface area (Å²) in [6.45, 7) is 8.12. The van der Waals surface area contributed by atoms with Gasteiger partial charge in [-0.15, -0.1) is 0 Å². The van der Waals surface area contributed by atoms with Gasteiger partial charge in [0.25, 0.3) is 0 Å². The average Bonchev–Trinajstić information content (AvgIpc) is 2.94. The number of imidazole rings is 1. The van der Waals surface area contributed by atoms with Crippen molar-refractivity contribution < 1.29 is 9.31 Å². The predicted octanol–water partition coefficient (Wildman–Crippen LogP) is 1.57. The SMILES string of the molecule is CC1(C)OB(c2cn(-c3ccccn3)cn2)OC1(C)C. The summed E-state index contributed by atoms with van der Waals surface area (Å²) in [6.07, 6.45) is 5.37. The summed E-state index contributed by atoms with van der Waals surface area (Å²) in [6, 6.07) is 5.75. The second-order valence-electron chi connectivity index (χ2n) is 5.98. The number of hydrogen-bond acceptors (Lipinski definition) is 4.